The van der Waals surface area contributed by atoms with Gasteiger partial charge in [-0.3, -0.25) is 0 Å². The number of halogens is 3. The Kier molecular flexibility index (Phi) is 5.36. The van der Waals surface area contributed by atoms with Gasteiger partial charge in [-0.1, -0.05) is 48.0 Å². The summed E-state index contributed by atoms with van der Waals surface area (Å²) in [6.07, 6.45) is 0. The summed E-state index contributed by atoms with van der Waals surface area (Å²) in [5.41, 5.74) is 6.60. The smallest absolute Gasteiger partial charge is 0.231 e. The van der Waals surface area contributed by atoms with E-state index in [0.717, 1.165) is 21.1 Å². The van der Waals surface area contributed by atoms with Gasteiger partial charge in [-0.25, -0.2) is 4.98 Å². The van der Waals surface area contributed by atoms with Crippen molar-refractivity contribution in [2.24, 2.45) is 0 Å². The highest BCUT2D eigenvalue weighted by Crippen LogP contribution is 2.52. The number of alkyl halides is 2. The molecule has 1 aliphatic rings. The van der Waals surface area contributed by atoms with E-state index in [-0.39, 0.29) is 16.5 Å². The lowest BCUT2D eigenvalue weighted by Crippen LogP contribution is -2.15. The molecule has 0 spiro atoms. The third-order valence-corrected chi connectivity index (χ3v) is 5.77. The highest BCUT2D eigenvalue weighted by Gasteiger charge is 2.37. The quantitative estimate of drug-likeness (QED) is 0.278. The lowest BCUT2D eigenvalue weighted by molar-refractivity contribution is 0.474. The van der Waals surface area contributed by atoms with Gasteiger partial charge in [0.1, 0.15) is 11.3 Å². The second-order valence-electron chi connectivity index (χ2n) is 7.32. The van der Waals surface area contributed by atoms with Gasteiger partial charge in [-0.15, -0.1) is 23.2 Å². The van der Waals surface area contributed by atoms with Crippen LogP contribution >= 0.6 is 39.1 Å². The molecule has 0 radical (unpaired) electrons. The van der Waals surface area contributed by atoms with Crippen LogP contribution in [0.4, 0.5) is 0 Å². The van der Waals surface area contributed by atoms with Crippen molar-refractivity contribution >= 4 is 50.2 Å². The summed E-state index contributed by atoms with van der Waals surface area (Å²) in [6, 6.07) is 17.8. The molecule has 0 unspecified atom stereocenters. The number of benzene rings is 3. The van der Waals surface area contributed by atoms with Gasteiger partial charge in [0.2, 0.25) is 5.89 Å². The predicted molar refractivity (Wildman–Crippen MR) is 123 cm³/mol. The number of fused-ring (bicyclic) bond motifs is 4. The molecular formula is C23H18BrCl2NO2. The summed E-state index contributed by atoms with van der Waals surface area (Å²) in [6.45, 7) is 4.41. The lowest BCUT2D eigenvalue weighted by atomic mass is 9.82. The summed E-state index contributed by atoms with van der Waals surface area (Å²) in [5.74, 6) is 0.626. The summed E-state index contributed by atoms with van der Waals surface area (Å²) in [5, 5.41) is 10.9. The SMILES string of the molecule is CC1(C)c2cc(Br)ccc2-c2cc(O)c(-c3nc4ccccc4o3)cc21.ClCCl. The van der Waals surface area contributed by atoms with Crippen molar-refractivity contribution in [1.29, 1.82) is 0 Å². The highest BCUT2D eigenvalue weighted by atomic mass is 79.9. The number of hydrogen-bond donors (Lipinski definition) is 1. The van der Waals surface area contributed by atoms with Crippen molar-refractivity contribution < 1.29 is 9.52 Å². The Morgan fingerprint density at radius 3 is 2.38 bits per heavy atom. The van der Waals surface area contributed by atoms with Crippen LogP contribution in [-0.2, 0) is 5.41 Å². The lowest BCUT2D eigenvalue weighted by Gasteiger charge is -2.22. The minimum atomic E-state index is -0.164. The van der Waals surface area contributed by atoms with Crippen molar-refractivity contribution in [3.05, 3.63) is 70.2 Å². The third-order valence-electron chi connectivity index (χ3n) is 5.28. The maximum Gasteiger partial charge on any atom is 0.231 e. The predicted octanol–water partition coefficient (Wildman–Crippen LogP) is 7.69. The molecule has 0 aliphatic heterocycles. The number of nitrogens with zero attached hydrogens (tertiary/aromatic N) is 1. The van der Waals surface area contributed by atoms with Gasteiger partial charge < -0.3 is 9.52 Å². The summed E-state index contributed by atoms with van der Waals surface area (Å²) in [4.78, 5) is 4.55. The number of para-hydroxylation sites is 2. The number of phenolic OH excluding ortho intramolecular Hbond substituents is 1. The molecule has 5 rings (SSSR count). The number of oxazole rings is 1. The average Bonchev–Trinajstić information content (AvgIpc) is 3.19. The van der Waals surface area contributed by atoms with Gasteiger partial charge in [-0.05, 0) is 58.7 Å². The largest absolute Gasteiger partial charge is 0.507 e. The van der Waals surface area contributed by atoms with Gasteiger partial charge in [0, 0.05) is 9.89 Å². The summed E-state index contributed by atoms with van der Waals surface area (Å²) >= 11 is 13.1. The topological polar surface area (TPSA) is 46.3 Å². The van der Waals surface area contributed by atoms with E-state index in [2.05, 4.69) is 46.9 Å². The van der Waals surface area contributed by atoms with Crippen LogP contribution in [0.5, 0.6) is 5.75 Å². The standard InChI is InChI=1S/C22H16BrNO2.CH2Cl2/c1-22(2)16-9-12(23)7-8-13(16)14-11-19(25)15(10-17(14)22)21-24-18-5-3-4-6-20(18)26-21;2-1-3/h3-11,25H,1-2H3;1H2. The van der Waals surface area contributed by atoms with Crippen molar-refractivity contribution in [2.45, 2.75) is 19.3 Å². The normalized spacial score (nSPS) is 13.6. The molecule has 3 aromatic carbocycles. The van der Waals surface area contributed by atoms with E-state index in [1.54, 1.807) is 0 Å². The Morgan fingerprint density at radius 1 is 0.966 bits per heavy atom. The number of rotatable bonds is 1. The van der Waals surface area contributed by atoms with Crippen LogP contribution in [0.2, 0.25) is 0 Å². The van der Waals surface area contributed by atoms with E-state index in [0.29, 0.717) is 17.0 Å². The highest BCUT2D eigenvalue weighted by molar-refractivity contribution is 9.10. The molecule has 1 aromatic heterocycles. The van der Waals surface area contributed by atoms with E-state index < -0.39 is 0 Å². The van der Waals surface area contributed by atoms with E-state index in [1.165, 1.54) is 11.1 Å². The summed E-state index contributed by atoms with van der Waals surface area (Å²) < 4.78 is 6.94. The molecule has 1 heterocycles. The molecule has 0 saturated heterocycles. The molecule has 29 heavy (non-hydrogen) atoms. The maximum atomic E-state index is 10.7. The third kappa shape index (κ3) is 3.43. The van der Waals surface area contributed by atoms with Crippen molar-refractivity contribution in [3.8, 4) is 28.3 Å². The fraction of sp³-hybridized carbons (Fsp3) is 0.174. The zero-order valence-electron chi connectivity index (χ0n) is 15.8. The fourth-order valence-electron chi connectivity index (χ4n) is 3.90. The van der Waals surface area contributed by atoms with E-state index in [4.69, 9.17) is 27.6 Å². The fourth-order valence-corrected chi connectivity index (χ4v) is 4.26. The number of phenols is 1. The van der Waals surface area contributed by atoms with Crippen LogP contribution in [0.3, 0.4) is 0 Å². The van der Waals surface area contributed by atoms with Crippen molar-refractivity contribution in [3.63, 3.8) is 0 Å². The molecule has 148 valence electrons. The van der Waals surface area contributed by atoms with E-state index in [9.17, 15) is 5.11 Å². The van der Waals surface area contributed by atoms with Gasteiger partial charge in [0.15, 0.2) is 5.58 Å². The first kappa shape index (κ1) is 20.3. The van der Waals surface area contributed by atoms with Gasteiger partial charge in [-0.2, -0.15) is 0 Å². The van der Waals surface area contributed by atoms with Gasteiger partial charge in [0.25, 0.3) is 0 Å². The first-order chi connectivity index (χ1) is 13.9. The molecule has 0 amide bonds. The number of aromatic nitrogens is 1. The molecule has 0 saturated carbocycles. The van der Waals surface area contributed by atoms with E-state index >= 15 is 0 Å². The summed E-state index contributed by atoms with van der Waals surface area (Å²) in [7, 11) is 0. The molecule has 0 fully saturated rings. The molecule has 1 aliphatic carbocycles. The minimum absolute atomic E-state index is 0.164. The first-order valence-electron chi connectivity index (χ1n) is 9.02. The second kappa shape index (κ2) is 7.67. The van der Waals surface area contributed by atoms with Crippen molar-refractivity contribution in [1.82, 2.24) is 4.98 Å². The average molecular weight is 491 g/mol. The zero-order chi connectivity index (χ0) is 20.8. The zero-order valence-corrected chi connectivity index (χ0v) is 18.9. The molecule has 1 N–H and O–H groups in total. The van der Waals surface area contributed by atoms with Crippen molar-refractivity contribution in [2.75, 3.05) is 5.34 Å². The second-order valence-corrected chi connectivity index (χ2v) is 9.04. The number of hydrogen-bond acceptors (Lipinski definition) is 3. The maximum absolute atomic E-state index is 10.7. The molecule has 6 heteroatoms. The molecule has 3 nitrogen and oxygen atoms in total. The Hall–Kier alpha value is -2.01. The monoisotopic (exact) mass is 489 g/mol. The molecular weight excluding hydrogens is 473 g/mol. The van der Waals surface area contributed by atoms with E-state index in [1.807, 2.05) is 42.5 Å². The Balaban J connectivity index is 0.000000645. The van der Waals surface area contributed by atoms with Crippen LogP contribution in [0, 0.1) is 0 Å². The van der Waals surface area contributed by atoms with Gasteiger partial charge >= 0.3 is 0 Å². The Bertz CT molecular complexity index is 1180. The Morgan fingerprint density at radius 2 is 1.66 bits per heavy atom. The van der Waals surface area contributed by atoms with Crippen LogP contribution in [0.1, 0.15) is 25.0 Å². The van der Waals surface area contributed by atoms with Crippen LogP contribution in [-0.4, -0.2) is 15.4 Å². The number of aromatic hydroxyl groups is 1. The van der Waals surface area contributed by atoms with Crippen LogP contribution in [0.25, 0.3) is 33.7 Å². The van der Waals surface area contributed by atoms with Gasteiger partial charge in [0.05, 0.1) is 10.9 Å². The molecule has 0 atom stereocenters. The first-order valence-corrected chi connectivity index (χ1v) is 10.9. The molecule has 4 aromatic rings. The van der Waals surface area contributed by atoms with Crippen LogP contribution < -0.4 is 0 Å². The minimum Gasteiger partial charge on any atom is -0.507 e. The molecule has 0 bridgehead atoms. The van der Waals surface area contributed by atoms with Crippen LogP contribution in [0.15, 0.2) is 63.5 Å². The Labute approximate surface area is 187 Å².